The monoisotopic (exact) mass is 605 g/mol. The van der Waals surface area contributed by atoms with Crippen molar-refractivity contribution in [3.8, 4) is 11.1 Å². The molecular formula is C28H27ClF3N5O3S. The highest BCUT2D eigenvalue weighted by atomic mass is 35.5. The van der Waals surface area contributed by atoms with E-state index in [4.69, 9.17) is 33.3 Å². The van der Waals surface area contributed by atoms with Crippen molar-refractivity contribution in [2.45, 2.75) is 38.5 Å². The number of halogens is 4. The van der Waals surface area contributed by atoms with Gasteiger partial charge in [-0.2, -0.15) is 5.10 Å². The lowest BCUT2D eigenvalue weighted by Gasteiger charge is -2.29. The molecule has 6 rings (SSSR count). The fourth-order valence-corrected chi connectivity index (χ4v) is 6.20. The number of imidazole rings is 1. The van der Waals surface area contributed by atoms with Crippen LogP contribution in [-0.4, -0.2) is 64.4 Å². The van der Waals surface area contributed by atoms with Gasteiger partial charge in [0.1, 0.15) is 11.7 Å². The molecule has 2 aromatic heterocycles. The highest BCUT2D eigenvalue weighted by Gasteiger charge is 2.35. The molecule has 0 saturated carbocycles. The lowest BCUT2D eigenvalue weighted by atomic mass is 9.97. The Kier molecular flexibility index (Phi) is 7.56. The topological polar surface area (TPSA) is 77.3 Å². The van der Waals surface area contributed by atoms with Crippen LogP contribution in [0.15, 0.2) is 36.5 Å². The van der Waals surface area contributed by atoms with Gasteiger partial charge in [-0.05, 0) is 48.5 Å². The largest absolute Gasteiger partial charge is 0.464 e. The molecule has 13 heteroatoms. The first-order valence-electron chi connectivity index (χ1n) is 13.3. The van der Waals surface area contributed by atoms with E-state index in [0.717, 1.165) is 18.8 Å². The molecule has 0 radical (unpaired) electrons. The highest BCUT2D eigenvalue weighted by molar-refractivity contribution is 7.71. The van der Waals surface area contributed by atoms with E-state index in [1.54, 1.807) is 23.6 Å². The maximum Gasteiger partial charge on any atom is 0.337 e. The Bertz CT molecular complexity index is 1660. The number of fused-ring (bicyclic) bond motifs is 2. The Morgan fingerprint density at radius 1 is 1.27 bits per heavy atom. The molecule has 41 heavy (non-hydrogen) atoms. The minimum Gasteiger partial charge on any atom is -0.464 e. The van der Waals surface area contributed by atoms with Crippen LogP contribution in [0.25, 0.3) is 22.0 Å². The number of rotatable bonds is 7. The molecule has 0 amide bonds. The summed E-state index contributed by atoms with van der Waals surface area (Å²) in [7, 11) is 0. The molecular weight excluding hydrogens is 579 g/mol. The zero-order valence-electron chi connectivity index (χ0n) is 22.1. The van der Waals surface area contributed by atoms with Gasteiger partial charge >= 0.3 is 5.97 Å². The summed E-state index contributed by atoms with van der Waals surface area (Å²) in [5.74, 6) is -0.684. The zero-order valence-corrected chi connectivity index (χ0v) is 23.7. The summed E-state index contributed by atoms with van der Waals surface area (Å²) >= 11 is 12.0. The fourth-order valence-electron chi connectivity index (χ4n) is 5.65. The molecule has 1 fully saturated rings. The van der Waals surface area contributed by atoms with Gasteiger partial charge in [-0.25, -0.2) is 18.0 Å². The molecule has 2 aliphatic rings. The molecule has 1 N–H and O–H groups in total. The van der Waals surface area contributed by atoms with E-state index in [1.165, 1.54) is 16.9 Å². The van der Waals surface area contributed by atoms with Crippen molar-refractivity contribution in [1.82, 2.24) is 19.3 Å². The summed E-state index contributed by atoms with van der Waals surface area (Å²) in [6.45, 7) is 4.56. The van der Waals surface area contributed by atoms with E-state index in [-0.39, 0.29) is 51.4 Å². The number of ether oxygens (including phenoxy) is 2. The number of nitrogens with one attached hydrogen (secondary N) is 1. The molecule has 8 nitrogen and oxygen atoms in total. The molecule has 1 unspecified atom stereocenters. The van der Waals surface area contributed by atoms with Gasteiger partial charge < -0.3 is 23.9 Å². The fraction of sp³-hybridized carbons (Fsp3) is 0.393. The second kappa shape index (κ2) is 11.1. The summed E-state index contributed by atoms with van der Waals surface area (Å²) < 4.78 is 57.6. The molecule has 0 spiro atoms. The summed E-state index contributed by atoms with van der Waals surface area (Å²) in [4.78, 5) is 18.4. The number of H-pyrrole nitrogens is 1. The van der Waals surface area contributed by atoms with Gasteiger partial charge in [-0.1, -0.05) is 23.7 Å². The number of aromatic nitrogens is 4. The molecule has 2 atom stereocenters. The summed E-state index contributed by atoms with van der Waals surface area (Å²) in [6.07, 6.45) is -2.55. The Morgan fingerprint density at radius 2 is 2.00 bits per heavy atom. The Hall–Kier alpha value is -3.35. The second-order valence-electron chi connectivity index (χ2n) is 10.00. The molecule has 0 bridgehead atoms. The lowest BCUT2D eigenvalue weighted by Crippen LogP contribution is -2.36. The van der Waals surface area contributed by atoms with Crippen molar-refractivity contribution >= 4 is 46.4 Å². The van der Waals surface area contributed by atoms with Gasteiger partial charge in [0, 0.05) is 42.5 Å². The molecule has 2 aliphatic heterocycles. The smallest absolute Gasteiger partial charge is 0.337 e. The number of hydrogen-bond acceptors (Lipinski definition) is 6. The molecule has 0 aliphatic carbocycles. The number of hydrogen-bond donors (Lipinski definition) is 1. The van der Waals surface area contributed by atoms with E-state index in [9.17, 15) is 18.0 Å². The average molecular weight is 606 g/mol. The van der Waals surface area contributed by atoms with Crippen molar-refractivity contribution in [3.05, 3.63) is 63.3 Å². The third kappa shape index (κ3) is 5.02. The molecule has 4 heterocycles. The van der Waals surface area contributed by atoms with Crippen LogP contribution in [0.4, 0.5) is 18.9 Å². The minimum atomic E-state index is -2.88. The first-order chi connectivity index (χ1) is 19.8. The van der Waals surface area contributed by atoms with Gasteiger partial charge in [0.2, 0.25) is 0 Å². The summed E-state index contributed by atoms with van der Waals surface area (Å²) in [5, 5.41) is 4.93. The first-order valence-corrected chi connectivity index (χ1v) is 14.1. The van der Waals surface area contributed by atoms with Crippen LogP contribution in [0.5, 0.6) is 0 Å². The maximum atomic E-state index is 14.7. The predicted octanol–water partition coefficient (Wildman–Crippen LogP) is 6.04. The minimum absolute atomic E-state index is 0.0353. The Balaban J connectivity index is 1.47. The van der Waals surface area contributed by atoms with E-state index < -0.39 is 24.6 Å². The first kappa shape index (κ1) is 27.8. The van der Waals surface area contributed by atoms with Gasteiger partial charge in [0.15, 0.2) is 10.8 Å². The predicted molar refractivity (Wildman–Crippen MR) is 151 cm³/mol. The number of benzene rings is 2. The van der Waals surface area contributed by atoms with Crippen LogP contribution in [0, 0.1) is 4.77 Å². The summed E-state index contributed by atoms with van der Waals surface area (Å²) in [5.41, 5.74) is 2.26. The number of anilines is 1. The lowest BCUT2D eigenvalue weighted by molar-refractivity contribution is -0.146. The number of nitrogens with zero attached hydrogens (tertiary/aromatic N) is 4. The zero-order chi connectivity index (χ0) is 28.8. The average Bonchev–Trinajstić information content (AvgIpc) is 3.64. The van der Waals surface area contributed by atoms with Crippen molar-refractivity contribution < 1.29 is 27.4 Å². The molecule has 216 valence electrons. The van der Waals surface area contributed by atoms with Crippen molar-refractivity contribution in [2.75, 3.05) is 37.8 Å². The molecule has 4 aromatic rings. The van der Waals surface area contributed by atoms with Gasteiger partial charge in [0.25, 0.3) is 6.43 Å². The van der Waals surface area contributed by atoms with E-state index in [0.29, 0.717) is 30.2 Å². The normalized spacial score (nSPS) is 17.8. The van der Waals surface area contributed by atoms with Gasteiger partial charge in [-0.15, -0.1) is 0 Å². The Labute approximate surface area is 243 Å². The van der Waals surface area contributed by atoms with Crippen LogP contribution in [0.2, 0.25) is 5.02 Å². The summed E-state index contributed by atoms with van der Waals surface area (Å²) in [6, 6.07) is 7.63. The Morgan fingerprint density at radius 3 is 2.68 bits per heavy atom. The quantitative estimate of drug-likeness (QED) is 0.205. The number of esters is 1. The number of morpholine rings is 1. The highest BCUT2D eigenvalue weighted by Crippen LogP contribution is 2.41. The van der Waals surface area contributed by atoms with Crippen LogP contribution >= 0.6 is 23.8 Å². The van der Waals surface area contributed by atoms with Crippen LogP contribution < -0.4 is 4.90 Å². The van der Waals surface area contributed by atoms with Crippen LogP contribution in [0.3, 0.4) is 0 Å². The van der Waals surface area contributed by atoms with E-state index in [2.05, 4.69) is 15.0 Å². The van der Waals surface area contributed by atoms with Crippen molar-refractivity contribution in [3.63, 3.8) is 0 Å². The number of alkyl halides is 3. The van der Waals surface area contributed by atoms with Crippen LogP contribution in [0.1, 0.15) is 36.3 Å². The second-order valence-corrected chi connectivity index (χ2v) is 10.8. The molecule has 1 saturated heterocycles. The number of aromatic amines is 1. The number of carbonyl (C=O) groups excluding carboxylic acids is 1. The third-order valence-electron chi connectivity index (χ3n) is 7.55. The van der Waals surface area contributed by atoms with Crippen LogP contribution in [-0.2, 0) is 27.2 Å². The van der Waals surface area contributed by atoms with E-state index in [1.807, 2.05) is 12.1 Å². The maximum absolute atomic E-state index is 14.7. The van der Waals surface area contributed by atoms with Gasteiger partial charge in [0.05, 0.1) is 42.6 Å². The van der Waals surface area contributed by atoms with E-state index >= 15 is 0 Å². The SMILES string of the molecule is CCOC(=O)C(c1[nH]c(=S)n2c1C[C@@H](F)C2)n1cc2c(Cl)cc(-c3ccc(N4CCOCC4)cc3)c(C(F)F)c2n1. The third-order valence-corrected chi connectivity index (χ3v) is 8.18. The number of carbonyl (C=O) groups is 1. The van der Waals surface area contributed by atoms with Crippen molar-refractivity contribution in [2.24, 2.45) is 0 Å². The molecule has 2 aromatic carbocycles. The van der Waals surface area contributed by atoms with Crippen molar-refractivity contribution in [1.29, 1.82) is 0 Å². The van der Waals surface area contributed by atoms with Gasteiger partial charge in [-0.3, -0.25) is 4.68 Å². The standard InChI is InChI=1S/C28H27ClF3N5O3S/c1-2-40-27(38)25(24-21-11-16(30)13-36(21)28(41)33-24)37-14-19-20(29)12-18(22(26(31)32)23(19)34-37)15-3-5-17(6-4-15)35-7-9-39-10-8-35/h3-6,12,14,16,25-26H,2,7-11,13H2,1H3,(H,33,41)/t16-,25?/m1/s1.